The topological polar surface area (TPSA) is 84.3 Å². The van der Waals surface area contributed by atoms with E-state index in [-0.39, 0.29) is 22.9 Å². The summed E-state index contributed by atoms with van der Waals surface area (Å²) < 4.78 is 28.4. The Morgan fingerprint density at radius 1 is 1.18 bits per heavy atom. The maximum Gasteiger partial charge on any atom is 0.262 e. The molecule has 1 aromatic heterocycles. The largest absolute Gasteiger partial charge is 0.349 e. The molecule has 1 atom stereocenters. The highest BCUT2D eigenvalue weighted by atomic mass is 32.2. The number of benzene rings is 1. The SMILES string of the molecule is Cn1cnc(S(=O)(=O)N2CCC(C(=O)NC3CCCc4ccccc43)CC2)c1. The number of rotatable bonds is 4. The maximum absolute atomic E-state index is 12.8. The van der Waals surface area contributed by atoms with Gasteiger partial charge in [-0.25, -0.2) is 13.4 Å². The van der Waals surface area contributed by atoms with Crippen molar-refractivity contribution in [2.24, 2.45) is 13.0 Å². The van der Waals surface area contributed by atoms with Gasteiger partial charge in [-0.3, -0.25) is 4.79 Å². The molecular weight excluding hydrogens is 376 g/mol. The van der Waals surface area contributed by atoms with E-state index in [4.69, 9.17) is 0 Å². The van der Waals surface area contributed by atoms with Crippen LogP contribution in [-0.2, 0) is 28.3 Å². The van der Waals surface area contributed by atoms with E-state index >= 15 is 0 Å². The average Bonchev–Trinajstić information content (AvgIpc) is 3.15. The van der Waals surface area contributed by atoms with Crippen molar-refractivity contribution in [2.75, 3.05) is 13.1 Å². The minimum Gasteiger partial charge on any atom is -0.349 e. The van der Waals surface area contributed by atoms with E-state index in [1.807, 2.05) is 12.1 Å². The molecule has 1 fully saturated rings. The number of piperidine rings is 1. The van der Waals surface area contributed by atoms with Crippen molar-refractivity contribution >= 4 is 15.9 Å². The first-order chi connectivity index (χ1) is 13.4. The first-order valence-corrected chi connectivity index (χ1v) is 11.3. The zero-order valence-corrected chi connectivity index (χ0v) is 16.9. The van der Waals surface area contributed by atoms with E-state index in [0.29, 0.717) is 25.9 Å². The summed E-state index contributed by atoms with van der Waals surface area (Å²) in [6.07, 6.45) is 7.15. The minimum atomic E-state index is -3.59. The highest BCUT2D eigenvalue weighted by Crippen LogP contribution is 2.30. The smallest absolute Gasteiger partial charge is 0.262 e. The molecule has 1 saturated heterocycles. The summed E-state index contributed by atoms with van der Waals surface area (Å²) >= 11 is 0. The van der Waals surface area contributed by atoms with Gasteiger partial charge >= 0.3 is 0 Å². The number of nitrogens with zero attached hydrogens (tertiary/aromatic N) is 3. The summed E-state index contributed by atoms with van der Waals surface area (Å²) in [6, 6.07) is 8.36. The first-order valence-electron chi connectivity index (χ1n) is 9.81. The van der Waals surface area contributed by atoms with E-state index in [1.54, 1.807) is 11.6 Å². The van der Waals surface area contributed by atoms with Gasteiger partial charge in [0.05, 0.1) is 12.4 Å². The van der Waals surface area contributed by atoms with E-state index in [2.05, 4.69) is 22.4 Å². The number of nitrogens with one attached hydrogen (secondary N) is 1. The fourth-order valence-electron chi connectivity index (χ4n) is 4.21. The summed E-state index contributed by atoms with van der Waals surface area (Å²) in [7, 11) is -1.85. The molecule has 1 unspecified atom stereocenters. The molecule has 1 amide bonds. The second-order valence-corrected chi connectivity index (χ2v) is 9.59. The van der Waals surface area contributed by atoms with Crippen LogP contribution in [0.5, 0.6) is 0 Å². The van der Waals surface area contributed by atoms with Crippen LogP contribution in [0.2, 0.25) is 0 Å². The molecule has 2 aromatic rings. The van der Waals surface area contributed by atoms with Gasteiger partial charge in [0, 0.05) is 32.3 Å². The van der Waals surface area contributed by atoms with E-state index in [1.165, 1.54) is 28.0 Å². The van der Waals surface area contributed by atoms with E-state index in [0.717, 1.165) is 19.3 Å². The quantitative estimate of drug-likeness (QED) is 0.848. The summed E-state index contributed by atoms with van der Waals surface area (Å²) in [5, 5.41) is 3.28. The van der Waals surface area contributed by atoms with Crippen molar-refractivity contribution in [3.63, 3.8) is 0 Å². The molecule has 150 valence electrons. The monoisotopic (exact) mass is 402 g/mol. The molecule has 28 heavy (non-hydrogen) atoms. The Bertz CT molecular complexity index is 961. The number of amides is 1. The highest BCUT2D eigenvalue weighted by Gasteiger charge is 2.34. The summed E-state index contributed by atoms with van der Waals surface area (Å²) in [5.41, 5.74) is 2.53. The third-order valence-corrected chi connectivity index (χ3v) is 7.58. The lowest BCUT2D eigenvalue weighted by Gasteiger charge is -2.32. The Hall–Kier alpha value is -2.19. The summed E-state index contributed by atoms with van der Waals surface area (Å²) in [5.74, 6) is -0.110. The van der Waals surface area contributed by atoms with Gasteiger partial charge in [0.2, 0.25) is 5.91 Å². The molecule has 2 heterocycles. The van der Waals surface area contributed by atoms with Gasteiger partial charge in [0.25, 0.3) is 10.0 Å². The molecule has 7 nitrogen and oxygen atoms in total. The lowest BCUT2D eigenvalue weighted by atomic mass is 9.87. The summed E-state index contributed by atoms with van der Waals surface area (Å²) in [4.78, 5) is 16.8. The second kappa shape index (κ2) is 7.67. The predicted molar refractivity (Wildman–Crippen MR) is 105 cm³/mol. The van der Waals surface area contributed by atoms with Crippen LogP contribution >= 0.6 is 0 Å². The fourth-order valence-corrected chi connectivity index (χ4v) is 5.64. The van der Waals surface area contributed by atoms with Crippen LogP contribution in [0.25, 0.3) is 0 Å². The Kier molecular flexibility index (Phi) is 5.25. The Morgan fingerprint density at radius 3 is 2.64 bits per heavy atom. The zero-order chi connectivity index (χ0) is 19.7. The fraction of sp³-hybridized carbons (Fsp3) is 0.500. The van der Waals surface area contributed by atoms with Crippen LogP contribution in [0.3, 0.4) is 0 Å². The number of aryl methyl sites for hydroxylation is 2. The number of carbonyl (C=O) groups excluding carboxylic acids is 1. The third kappa shape index (κ3) is 3.71. The first kappa shape index (κ1) is 19.1. The molecule has 4 rings (SSSR count). The lowest BCUT2D eigenvalue weighted by Crippen LogP contribution is -2.44. The number of fused-ring (bicyclic) bond motifs is 1. The molecule has 8 heteroatoms. The number of hydrogen-bond donors (Lipinski definition) is 1. The van der Waals surface area contributed by atoms with Crippen molar-refractivity contribution in [1.29, 1.82) is 0 Å². The number of aromatic nitrogens is 2. The molecule has 1 aliphatic heterocycles. The molecule has 0 saturated carbocycles. The van der Waals surface area contributed by atoms with Gasteiger partial charge in [0.15, 0.2) is 5.03 Å². The van der Waals surface area contributed by atoms with Crippen molar-refractivity contribution < 1.29 is 13.2 Å². The molecule has 1 aliphatic carbocycles. The van der Waals surface area contributed by atoms with Crippen LogP contribution < -0.4 is 5.32 Å². The molecule has 2 aliphatic rings. The molecule has 0 bridgehead atoms. The minimum absolute atomic E-state index is 0.0385. The molecule has 1 aromatic carbocycles. The summed E-state index contributed by atoms with van der Waals surface area (Å²) in [6.45, 7) is 0.691. The Labute approximate surface area is 165 Å². The van der Waals surface area contributed by atoms with Gasteiger partial charge in [-0.2, -0.15) is 4.31 Å². The van der Waals surface area contributed by atoms with Crippen LogP contribution in [-0.4, -0.2) is 41.3 Å². The zero-order valence-electron chi connectivity index (χ0n) is 16.0. The molecule has 0 spiro atoms. The molecule has 0 radical (unpaired) electrons. The number of hydrogen-bond acceptors (Lipinski definition) is 4. The van der Waals surface area contributed by atoms with Gasteiger partial charge in [-0.05, 0) is 43.2 Å². The number of carbonyl (C=O) groups is 1. The van der Waals surface area contributed by atoms with Crippen molar-refractivity contribution in [3.05, 3.63) is 47.9 Å². The number of sulfonamides is 1. The van der Waals surface area contributed by atoms with E-state index < -0.39 is 10.0 Å². The van der Waals surface area contributed by atoms with E-state index in [9.17, 15) is 13.2 Å². The highest BCUT2D eigenvalue weighted by molar-refractivity contribution is 7.89. The van der Waals surface area contributed by atoms with Gasteiger partial charge in [0.1, 0.15) is 0 Å². The third-order valence-electron chi connectivity index (χ3n) is 5.80. The second-order valence-electron chi connectivity index (χ2n) is 7.71. The number of imidazole rings is 1. The van der Waals surface area contributed by atoms with Gasteiger partial charge in [-0.15, -0.1) is 0 Å². The standard InChI is InChI=1S/C20H26N4O3S/c1-23-13-19(21-14-23)28(26,27)24-11-9-16(10-12-24)20(25)22-18-8-4-6-15-5-2-3-7-17(15)18/h2-3,5,7,13-14,16,18H,4,6,8-12H2,1H3,(H,22,25). The van der Waals surface area contributed by atoms with Crippen molar-refractivity contribution in [3.8, 4) is 0 Å². The van der Waals surface area contributed by atoms with Crippen molar-refractivity contribution in [2.45, 2.75) is 43.2 Å². The van der Waals surface area contributed by atoms with Crippen LogP contribution in [0, 0.1) is 5.92 Å². The lowest BCUT2D eigenvalue weighted by molar-refractivity contribution is -0.127. The van der Waals surface area contributed by atoms with Gasteiger partial charge < -0.3 is 9.88 Å². The normalized spacial score (nSPS) is 21.2. The van der Waals surface area contributed by atoms with Crippen LogP contribution in [0.4, 0.5) is 0 Å². The maximum atomic E-state index is 12.8. The van der Waals surface area contributed by atoms with Crippen molar-refractivity contribution in [1.82, 2.24) is 19.2 Å². The molecule has 1 N–H and O–H groups in total. The van der Waals surface area contributed by atoms with Gasteiger partial charge in [-0.1, -0.05) is 24.3 Å². The predicted octanol–water partition coefficient (Wildman–Crippen LogP) is 2.01. The Balaban J connectivity index is 1.37. The Morgan fingerprint density at radius 2 is 1.93 bits per heavy atom. The van der Waals surface area contributed by atoms with Crippen LogP contribution in [0.15, 0.2) is 41.8 Å². The average molecular weight is 403 g/mol. The van der Waals surface area contributed by atoms with Crippen LogP contribution in [0.1, 0.15) is 42.9 Å². The molecular formula is C20H26N4O3S.